The number of nitrogens with zero attached hydrogens (tertiary/aromatic N) is 5. The summed E-state index contributed by atoms with van der Waals surface area (Å²) < 4.78 is 61.4. The standard InChI is InChI=1S/C18H26FN7O8P/c1-29-3-8-14(12(27)17(32-8)22-5-20)34-35(28)31-4-9-13(30-2)10(19)18(33-9)26-7-25-11-15(21)23-6-24-16(11)26/h5-10,12-14,17-18,27H,3-4H2,1-2H3,(H2,20,22)(H2,21,23,24)/q+1/t8-,9?,10-,12-,13-,14-,17-,18-/m1/s1. The molecule has 2 aliphatic rings. The van der Waals surface area contributed by atoms with Crippen LogP contribution in [0.4, 0.5) is 10.2 Å². The van der Waals surface area contributed by atoms with Gasteiger partial charge in [0, 0.05) is 18.8 Å². The number of anilines is 1. The Labute approximate surface area is 199 Å². The first kappa shape index (κ1) is 25.7. The Balaban J connectivity index is 1.40. The van der Waals surface area contributed by atoms with Gasteiger partial charge in [0.2, 0.25) is 0 Å². The van der Waals surface area contributed by atoms with Gasteiger partial charge in [0.15, 0.2) is 36.2 Å². The highest BCUT2D eigenvalue weighted by molar-refractivity contribution is 7.33. The summed E-state index contributed by atoms with van der Waals surface area (Å²) >= 11 is 0. The summed E-state index contributed by atoms with van der Waals surface area (Å²) in [4.78, 5) is 15.9. The molecule has 2 saturated heterocycles. The molecule has 0 aromatic carbocycles. The molecule has 0 radical (unpaired) electrons. The molecule has 0 bridgehead atoms. The number of imidazole rings is 1. The second kappa shape index (κ2) is 11.1. The van der Waals surface area contributed by atoms with E-state index in [0.717, 1.165) is 6.34 Å². The smallest absolute Gasteiger partial charge is 0.390 e. The van der Waals surface area contributed by atoms with Gasteiger partial charge in [-0.15, -0.1) is 9.05 Å². The summed E-state index contributed by atoms with van der Waals surface area (Å²) in [5.41, 5.74) is 11.6. The molecule has 2 fully saturated rings. The number of aliphatic hydroxyl groups is 1. The van der Waals surface area contributed by atoms with Crippen LogP contribution in [0.25, 0.3) is 11.2 Å². The summed E-state index contributed by atoms with van der Waals surface area (Å²) in [6.07, 6.45) is -5.37. The first-order valence-electron chi connectivity index (χ1n) is 10.5. The Kier molecular flexibility index (Phi) is 8.13. The summed E-state index contributed by atoms with van der Waals surface area (Å²) in [6.45, 7) is -0.297. The van der Waals surface area contributed by atoms with E-state index in [1.54, 1.807) is 0 Å². The molecule has 0 amide bonds. The predicted octanol–water partition coefficient (Wildman–Crippen LogP) is -0.563. The highest BCUT2D eigenvalue weighted by Gasteiger charge is 2.51. The lowest BCUT2D eigenvalue weighted by atomic mass is 10.1. The molecule has 0 spiro atoms. The van der Waals surface area contributed by atoms with Crippen molar-refractivity contribution in [3.05, 3.63) is 12.7 Å². The second-order valence-electron chi connectivity index (χ2n) is 7.69. The monoisotopic (exact) mass is 518 g/mol. The van der Waals surface area contributed by atoms with Crippen molar-refractivity contribution in [1.29, 1.82) is 0 Å². The Hall–Kier alpha value is -2.43. The number of methoxy groups -OCH3 is 2. The number of aliphatic hydroxyl groups excluding tert-OH is 1. The van der Waals surface area contributed by atoms with Crippen LogP contribution in [0, 0.1) is 0 Å². The van der Waals surface area contributed by atoms with Crippen LogP contribution in [0.5, 0.6) is 0 Å². The first-order valence-corrected chi connectivity index (χ1v) is 11.6. The van der Waals surface area contributed by atoms with Gasteiger partial charge in [0.1, 0.15) is 42.9 Å². The van der Waals surface area contributed by atoms with E-state index in [1.165, 1.54) is 31.4 Å². The molecule has 0 saturated carbocycles. The van der Waals surface area contributed by atoms with Crippen LogP contribution >= 0.6 is 8.25 Å². The number of nitrogen functional groups attached to an aromatic ring is 1. The number of halogens is 1. The van der Waals surface area contributed by atoms with Crippen LogP contribution in [-0.2, 0) is 32.6 Å². The number of nitrogens with two attached hydrogens (primary N) is 2. The van der Waals surface area contributed by atoms with E-state index in [2.05, 4.69) is 19.9 Å². The fourth-order valence-electron chi connectivity index (χ4n) is 4.01. The van der Waals surface area contributed by atoms with Crippen molar-refractivity contribution in [2.45, 2.75) is 49.1 Å². The Bertz CT molecular complexity index is 1060. The van der Waals surface area contributed by atoms with Crippen molar-refractivity contribution in [2.24, 2.45) is 10.7 Å². The van der Waals surface area contributed by atoms with Crippen LogP contribution in [0.2, 0.25) is 0 Å². The Morgan fingerprint density at radius 3 is 2.74 bits per heavy atom. The zero-order valence-corrected chi connectivity index (χ0v) is 19.7. The zero-order valence-electron chi connectivity index (χ0n) is 18.8. The predicted molar refractivity (Wildman–Crippen MR) is 117 cm³/mol. The third-order valence-electron chi connectivity index (χ3n) is 5.63. The van der Waals surface area contributed by atoms with E-state index in [9.17, 15) is 9.67 Å². The molecular formula is C18H26FN7O8P+. The molecular weight excluding hydrogens is 492 g/mol. The third kappa shape index (κ3) is 5.10. The molecule has 192 valence electrons. The summed E-state index contributed by atoms with van der Waals surface area (Å²) in [6, 6.07) is 0. The summed E-state index contributed by atoms with van der Waals surface area (Å²) in [5, 5.41) is 10.4. The van der Waals surface area contributed by atoms with Gasteiger partial charge in [0.05, 0.1) is 19.3 Å². The fourth-order valence-corrected chi connectivity index (χ4v) is 4.80. The lowest BCUT2D eigenvalue weighted by Gasteiger charge is -2.15. The minimum absolute atomic E-state index is 0.0388. The number of fused-ring (bicyclic) bond motifs is 1. The number of aliphatic imine (C=N–C) groups is 1. The van der Waals surface area contributed by atoms with E-state index in [-0.39, 0.29) is 24.7 Å². The topological polar surface area (TPSA) is 201 Å². The maximum atomic E-state index is 15.2. The van der Waals surface area contributed by atoms with Gasteiger partial charge in [-0.25, -0.2) is 24.3 Å². The lowest BCUT2D eigenvalue weighted by molar-refractivity contribution is -0.0522. The number of ether oxygens (including phenoxy) is 4. The van der Waals surface area contributed by atoms with E-state index in [1.807, 2.05) is 0 Å². The molecule has 0 aliphatic carbocycles. The van der Waals surface area contributed by atoms with Gasteiger partial charge in [-0.3, -0.25) is 4.57 Å². The van der Waals surface area contributed by atoms with Gasteiger partial charge in [-0.2, -0.15) is 0 Å². The van der Waals surface area contributed by atoms with Crippen molar-refractivity contribution in [1.82, 2.24) is 19.5 Å². The van der Waals surface area contributed by atoms with Crippen LogP contribution in [0.1, 0.15) is 6.23 Å². The van der Waals surface area contributed by atoms with E-state index in [0.29, 0.717) is 5.52 Å². The van der Waals surface area contributed by atoms with Crippen molar-refractivity contribution < 1.29 is 42.1 Å². The van der Waals surface area contributed by atoms with E-state index >= 15 is 4.39 Å². The largest absolute Gasteiger partial charge is 0.697 e. The Morgan fingerprint density at radius 2 is 2.03 bits per heavy atom. The SMILES string of the molecule is COC[C@H]1O[C@@H](N=CN)[C@H](O)[C@@H]1O[P+](=O)OCC1O[C@@H](n2cnc3c(N)ncnc32)[C@H](F)[C@@H]1OC. The molecule has 4 rings (SSSR count). The van der Waals surface area contributed by atoms with Crippen molar-refractivity contribution in [2.75, 3.05) is 33.2 Å². The molecule has 2 aromatic rings. The van der Waals surface area contributed by atoms with Crippen molar-refractivity contribution in [3.63, 3.8) is 0 Å². The van der Waals surface area contributed by atoms with Gasteiger partial charge >= 0.3 is 8.25 Å². The van der Waals surface area contributed by atoms with Gasteiger partial charge < -0.3 is 35.5 Å². The quantitative estimate of drug-likeness (QED) is 0.205. The summed E-state index contributed by atoms with van der Waals surface area (Å²) in [5.74, 6) is 0.142. The van der Waals surface area contributed by atoms with Crippen LogP contribution in [0.3, 0.4) is 0 Å². The summed E-state index contributed by atoms with van der Waals surface area (Å²) in [7, 11) is -0.0260. The maximum absolute atomic E-state index is 15.2. The molecule has 35 heavy (non-hydrogen) atoms. The van der Waals surface area contributed by atoms with Gasteiger partial charge in [-0.1, -0.05) is 0 Å². The fraction of sp³-hybridized carbons (Fsp3) is 0.667. The number of aromatic nitrogens is 4. The van der Waals surface area contributed by atoms with E-state index < -0.39 is 57.4 Å². The minimum atomic E-state index is -2.77. The lowest BCUT2D eigenvalue weighted by Crippen LogP contribution is -2.36. The minimum Gasteiger partial charge on any atom is -0.390 e. The molecule has 17 heteroatoms. The molecule has 15 nitrogen and oxygen atoms in total. The maximum Gasteiger partial charge on any atom is 0.697 e. The molecule has 5 N–H and O–H groups in total. The van der Waals surface area contributed by atoms with Crippen molar-refractivity contribution >= 4 is 31.6 Å². The van der Waals surface area contributed by atoms with Crippen LogP contribution < -0.4 is 11.5 Å². The normalized spacial score (nSPS) is 33.8. The number of alkyl halides is 1. The molecule has 2 aromatic heterocycles. The van der Waals surface area contributed by atoms with E-state index in [4.69, 9.17) is 39.5 Å². The highest BCUT2D eigenvalue weighted by atomic mass is 31.1. The first-order chi connectivity index (χ1) is 16.9. The number of rotatable bonds is 10. The molecule has 4 heterocycles. The number of hydrogen-bond acceptors (Lipinski definition) is 13. The molecule has 2 unspecified atom stereocenters. The van der Waals surface area contributed by atoms with Crippen molar-refractivity contribution in [3.8, 4) is 0 Å². The molecule has 9 atom stereocenters. The average Bonchev–Trinajstić information content (AvgIpc) is 3.49. The second-order valence-corrected chi connectivity index (χ2v) is 8.61. The zero-order chi connectivity index (χ0) is 25.1. The number of hydrogen-bond donors (Lipinski definition) is 3. The van der Waals surface area contributed by atoms with Crippen LogP contribution in [0.15, 0.2) is 17.6 Å². The van der Waals surface area contributed by atoms with Gasteiger partial charge in [-0.05, 0) is 0 Å². The average molecular weight is 518 g/mol. The van der Waals surface area contributed by atoms with Crippen LogP contribution in [-0.4, -0.2) is 101 Å². The van der Waals surface area contributed by atoms with Gasteiger partial charge in [0.25, 0.3) is 0 Å². The Morgan fingerprint density at radius 1 is 1.26 bits per heavy atom. The highest BCUT2D eigenvalue weighted by Crippen LogP contribution is 2.39. The third-order valence-corrected chi connectivity index (χ3v) is 6.40. The molecule has 2 aliphatic heterocycles.